The van der Waals surface area contributed by atoms with Crippen molar-refractivity contribution >= 4 is 10.9 Å². The Morgan fingerprint density at radius 2 is 2.18 bits per heavy atom. The molecule has 0 amide bonds. The van der Waals surface area contributed by atoms with Gasteiger partial charge < -0.3 is 4.74 Å². The van der Waals surface area contributed by atoms with Crippen molar-refractivity contribution in [2.24, 2.45) is 0 Å². The second-order valence-corrected chi connectivity index (χ2v) is 4.12. The van der Waals surface area contributed by atoms with Crippen molar-refractivity contribution in [2.45, 2.75) is 6.67 Å². The van der Waals surface area contributed by atoms with E-state index in [1.165, 1.54) is 0 Å². The van der Waals surface area contributed by atoms with Crippen molar-refractivity contribution < 1.29 is 4.74 Å². The fourth-order valence-corrected chi connectivity index (χ4v) is 1.67. The summed E-state index contributed by atoms with van der Waals surface area (Å²) in [5.74, 6) is 0.703. The topological polar surface area (TPSA) is 47.4 Å². The molecule has 0 unspecified atom stereocenters. The van der Waals surface area contributed by atoms with Gasteiger partial charge in [0.2, 0.25) is 0 Å². The molecule has 2 aromatic rings. The third kappa shape index (κ3) is 2.29. The van der Waals surface area contributed by atoms with Crippen LogP contribution in [0.2, 0.25) is 0 Å². The van der Waals surface area contributed by atoms with E-state index in [4.69, 9.17) is 4.74 Å². The molecular weight excluding hydrogens is 218 g/mol. The van der Waals surface area contributed by atoms with Crippen LogP contribution in [0, 0.1) is 0 Å². The molecule has 0 radical (unpaired) electrons. The van der Waals surface area contributed by atoms with Gasteiger partial charge in [-0.2, -0.15) is 0 Å². The van der Waals surface area contributed by atoms with Crippen LogP contribution in [0.3, 0.4) is 0 Å². The van der Waals surface area contributed by atoms with Crippen LogP contribution in [0.1, 0.15) is 0 Å². The van der Waals surface area contributed by atoms with Crippen LogP contribution < -0.4 is 10.3 Å². The van der Waals surface area contributed by atoms with Crippen LogP contribution in [0.5, 0.6) is 5.75 Å². The zero-order valence-corrected chi connectivity index (χ0v) is 10.2. The van der Waals surface area contributed by atoms with E-state index >= 15 is 0 Å². The molecule has 0 aliphatic heterocycles. The van der Waals surface area contributed by atoms with Crippen LogP contribution in [-0.4, -0.2) is 35.7 Å². The number of methoxy groups -OCH3 is 1. The largest absolute Gasteiger partial charge is 0.497 e. The number of benzene rings is 1. The Bertz CT molecular complexity index is 590. The summed E-state index contributed by atoms with van der Waals surface area (Å²) in [7, 11) is 5.41. The first-order valence-corrected chi connectivity index (χ1v) is 5.30. The van der Waals surface area contributed by atoms with Crippen LogP contribution in [0.4, 0.5) is 0 Å². The van der Waals surface area contributed by atoms with Crippen molar-refractivity contribution in [1.29, 1.82) is 0 Å². The first kappa shape index (κ1) is 11.6. The summed E-state index contributed by atoms with van der Waals surface area (Å²) in [6, 6.07) is 5.28. The van der Waals surface area contributed by atoms with Crippen LogP contribution in [0.25, 0.3) is 10.9 Å². The molecule has 0 atom stereocenters. The van der Waals surface area contributed by atoms with Gasteiger partial charge in [0.05, 0.1) is 31.0 Å². The van der Waals surface area contributed by atoms with Gasteiger partial charge in [0.15, 0.2) is 0 Å². The fraction of sp³-hybridized carbons (Fsp3) is 0.333. The maximum Gasteiger partial charge on any atom is 0.262 e. The molecule has 0 saturated carbocycles. The quantitative estimate of drug-likeness (QED) is 0.791. The normalized spacial score (nSPS) is 11.1. The molecule has 5 heteroatoms. The van der Waals surface area contributed by atoms with E-state index < -0.39 is 0 Å². The molecule has 2 rings (SSSR count). The Hall–Kier alpha value is -1.88. The predicted octanol–water partition coefficient (Wildman–Crippen LogP) is 0.924. The van der Waals surface area contributed by atoms with Gasteiger partial charge in [-0.05, 0) is 26.2 Å². The van der Waals surface area contributed by atoms with Gasteiger partial charge in [-0.1, -0.05) is 0 Å². The number of ether oxygens (including phenoxy) is 1. The standard InChI is InChI=1S/C12H15N3O2/c1-14(2)8-15-7-13-11-6-9(17-3)4-5-10(11)12(15)16/h4-7H,8H2,1-3H3. The Balaban J connectivity index is 2.57. The molecular formula is C12H15N3O2. The molecule has 5 nitrogen and oxygen atoms in total. The highest BCUT2D eigenvalue weighted by molar-refractivity contribution is 5.78. The molecule has 0 N–H and O–H groups in total. The lowest BCUT2D eigenvalue weighted by molar-refractivity contribution is 0.320. The lowest BCUT2D eigenvalue weighted by Crippen LogP contribution is -2.27. The maximum atomic E-state index is 12.1. The van der Waals surface area contributed by atoms with E-state index in [9.17, 15) is 4.79 Å². The highest BCUT2D eigenvalue weighted by atomic mass is 16.5. The van der Waals surface area contributed by atoms with Gasteiger partial charge >= 0.3 is 0 Å². The summed E-state index contributed by atoms with van der Waals surface area (Å²) in [5, 5.41) is 0.607. The zero-order valence-electron chi connectivity index (χ0n) is 10.2. The number of hydrogen-bond acceptors (Lipinski definition) is 4. The summed E-state index contributed by atoms with van der Waals surface area (Å²) in [6.45, 7) is 0.522. The van der Waals surface area contributed by atoms with E-state index in [0.29, 0.717) is 23.3 Å². The Labute approximate surface area is 99.3 Å². The van der Waals surface area contributed by atoms with Crippen molar-refractivity contribution in [3.05, 3.63) is 34.9 Å². The van der Waals surface area contributed by atoms with Crippen LogP contribution in [-0.2, 0) is 6.67 Å². The Kier molecular flexibility index (Phi) is 3.10. The second kappa shape index (κ2) is 4.55. The first-order valence-electron chi connectivity index (χ1n) is 5.30. The summed E-state index contributed by atoms with van der Waals surface area (Å²) in [4.78, 5) is 18.3. The van der Waals surface area contributed by atoms with E-state index in [0.717, 1.165) is 0 Å². The smallest absolute Gasteiger partial charge is 0.262 e. The minimum Gasteiger partial charge on any atom is -0.497 e. The molecule has 1 heterocycles. The molecule has 0 fully saturated rings. The van der Waals surface area contributed by atoms with Gasteiger partial charge in [0.25, 0.3) is 5.56 Å². The fourth-order valence-electron chi connectivity index (χ4n) is 1.67. The maximum absolute atomic E-state index is 12.1. The van der Waals surface area contributed by atoms with Crippen molar-refractivity contribution in [2.75, 3.05) is 21.2 Å². The average molecular weight is 233 g/mol. The van der Waals surface area contributed by atoms with Gasteiger partial charge in [-0.3, -0.25) is 14.3 Å². The van der Waals surface area contributed by atoms with Gasteiger partial charge in [0, 0.05) is 6.07 Å². The third-order valence-corrected chi connectivity index (χ3v) is 2.47. The molecule has 1 aromatic carbocycles. The molecule has 17 heavy (non-hydrogen) atoms. The minimum absolute atomic E-state index is 0.0358. The van der Waals surface area contributed by atoms with Gasteiger partial charge in [-0.15, -0.1) is 0 Å². The number of aromatic nitrogens is 2. The second-order valence-electron chi connectivity index (χ2n) is 4.12. The molecule has 0 bridgehead atoms. The Morgan fingerprint density at radius 3 is 2.82 bits per heavy atom. The molecule has 1 aromatic heterocycles. The van der Waals surface area contributed by atoms with Gasteiger partial charge in [-0.25, -0.2) is 4.98 Å². The average Bonchev–Trinajstić information content (AvgIpc) is 2.32. The van der Waals surface area contributed by atoms with Crippen molar-refractivity contribution in [3.8, 4) is 5.75 Å². The SMILES string of the molecule is COc1ccc2c(=O)n(CN(C)C)cnc2c1. The summed E-state index contributed by atoms with van der Waals surface area (Å²) < 4.78 is 6.68. The van der Waals surface area contributed by atoms with E-state index in [-0.39, 0.29) is 5.56 Å². The predicted molar refractivity (Wildman–Crippen MR) is 66.2 cm³/mol. The van der Waals surface area contributed by atoms with Crippen LogP contribution >= 0.6 is 0 Å². The third-order valence-electron chi connectivity index (χ3n) is 2.47. The molecule has 0 spiro atoms. The molecule has 90 valence electrons. The van der Waals surface area contributed by atoms with Gasteiger partial charge in [0.1, 0.15) is 5.75 Å². The van der Waals surface area contributed by atoms with Crippen molar-refractivity contribution in [1.82, 2.24) is 14.5 Å². The summed E-state index contributed by atoms with van der Waals surface area (Å²) in [6.07, 6.45) is 1.56. The molecule has 0 aliphatic rings. The van der Waals surface area contributed by atoms with E-state index in [2.05, 4.69) is 4.98 Å². The number of hydrogen-bond donors (Lipinski definition) is 0. The molecule has 0 aliphatic carbocycles. The highest BCUT2D eigenvalue weighted by Crippen LogP contribution is 2.15. The lowest BCUT2D eigenvalue weighted by Gasteiger charge is -2.12. The number of nitrogens with zero attached hydrogens (tertiary/aromatic N) is 3. The monoisotopic (exact) mass is 233 g/mol. The van der Waals surface area contributed by atoms with Crippen LogP contribution in [0.15, 0.2) is 29.3 Å². The summed E-state index contributed by atoms with van der Waals surface area (Å²) >= 11 is 0. The highest BCUT2D eigenvalue weighted by Gasteiger charge is 2.05. The summed E-state index contributed by atoms with van der Waals surface area (Å²) in [5.41, 5.74) is 0.621. The van der Waals surface area contributed by atoms with E-state index in [1.54, 1.807) is 36.2 Å². The Morgan fingerprint density at radius 1 is 1.41 bits per heavy atom. The minimum atomic E-state index is -0.0358. The first-order chi connectivity index (χ1) is 8.11. The molecule has 0 saturated heterocycles. The lowest BCUT2D eigenvalue weighted by atomic mass is 10.2. The van der Waals surface area contributed by atoms with Crippen molar-refractivity contribution in [3.63, 3.8) is 0 Å². The number of fused-ring (bicyclic) bond motifs is 1. The number of rotatable bonds is 3. The van der Waals surface area contributed by atoms with E-state index in [1.807, 2.05) is 19.0 Å². The zero-order chi connectivity index (χ0) is 12.4.